The van der Waals surface area contributed by atoms with Gasteiger partial charge < -0.3 is 23.3 Å². The first-order valence-corrected chi connectivity index (χ1v) is 11.3. The van der Waals surface area contributed by atoms with Gasteiger partial charge in [0, 0.05) is 0 Å². The zero-order valence-corrected chi connectivity index (χ0v) is 18.9. The molecule has 0 aliphatic heterocycles. The molecule has 0 rings (SSSR count). The lowest BCUT2D eigenvalue weighted by atomic mass is 10.3. The van der Waals surface area contributed by atoms with Crippen LogP contribution in [0.4, 0.5) is 4.20 Å². The lowest BCUT2D eigenvalue weighted by Gasteiger charge is -2.35. The molecular formula is C18H44FN2O3P. The highest BCUT2D eigenvalue weighted by molar-refractivity contribution is 7.42. The summed E-state index contributed by atoms with van der Waals surface area (Å²) in [7, 11) is -5.64. The second-order valence-electron chi connectivity index (χ2n) is 6.46. The quantitative estimate of drug-likeness (QED) is 0.427. The van der Waals surface area contributed by atoms with Crippen LogP contribution in [0.3, 0.4) is 0 Å². The highest BCUT2D eigenvalue weighted by Gasteiger charge is 2.18. The van der Waals surface area contributed by atoms with Crippen LogP contribution in [-0.4, -0.2) is 61.3 Å². The smallest absolute Gasteiger partial charge is 0.110 e. The Bertz CT molecular complexity index is 283. The fourth-order valence-electron chi connectivity index (χ4n) is 3.24. The third-order valence-corrected chi connectivity index (χ3v) is 5.42. The van der Waals surface area contributed by atoms with Gasteiger partial charge in [0.1, 0.15) is 7.91 Å². The highest BCUT2D eigenvalue weighted by Crippen LogP contribution is 2.22. The van der Waals surface area contributed by atoms with Crippen LogP contribution in [0.1, 0.15) is 68.2 Å². The van der Waals surface area contributed by atoms with Crippen LogP contribution in [0, 0.1) is 0 Å². The van der Waals surface area contributed by atoms with Gasteiger partial charge in [-0.05, 0) is 54.4 Å². The fourth-order valence-corrected chi connectivity index (χ4v) is 3.24. The molecule has 0 atom stereocenters. The molecule has 0 aliphatic carbocycles. The van der Waals surface area contributed by atoms with Crippen molar-refractivity contribution < 1.29 is 27.5 Å². The van der Waals surface area contributed by atoms with Crippen LogP contribution in [-0.2, 0) is 4.57 Å². The lowest BCUT2D eigenvalue weighted by molar-refractivity contribution is -0.923. The zero-order chi connectivity index (χ0) is 20.6. The predicted molar refractivity (Wildman–Crippen MR) is 103 cm³/mol. The Balaban J connectivity index is -0.000000308. The topological polar surface area (TPSA) is 63.2 Å². The maximum absolute atomic E-state index is 10.1. The van der Waals surface area contributed by atoms with E-state index in [1.165, 1.54) is 74.2 Å². The third-order valence-electron chi connectivity index (χ3n) is 5.42. The monoisotopic (exact) mass is 386 g/mol. The first kappa shape index (κ1) is 29.8. The molecule has 0 spiro atoms. The Morgan fingerprint density at radius 3 is 0.840 bits per heavy atom. The molecule has 0 aromatic heterocycles. The van der Waals surface area contributed by atoms with Crippen molar-refractivity contribution in [2.24, 2.45) is 0 Å². The summed E-state index contributed by atoms with van der Waals surface area (Å²) in [6.07, 6.45) is 2.63. The van der Waals surface area contributed by atoms with Gasteiger partial charge in [-0.1, -0.05) is 13.8 Å². The molecule has 7 heteroatoms. The minimum Gasteiger partial charge on any atom is -0.786 e. The van der Waals surface area contributed by atoms with Gasteiger partial charge in [0.25, 0.3) is 0 Å². The number of rotatable bonds is 10. The molecule has 0 unspecified atom stereocenters. The molecule has 0 bridgehead atoms. The van der Waals surface area contributed by atoms with Gasteiger partial charge in [0.05, 0.1) is 52.4 Å². The fraction of sp³-hybridized carbons (Fsp3) is 1.00. The largest absolute Gasteiger partial charge is 0.786 e. The van der Waals surface area contributed by atoms with Gasteiger partial charge in [-0.15, -0.1) is 0 Å². The summed E-state index contributed by atoms with van der Waals surface area (Å²) in [5.74, 6) is 0. The Hall–Kier alpha value is -0.0000000000000000555. The number of hydrogen-bond acceptors (Lipinski definition) is 3. The summed E-state index contributed by atoms with van der Waals surface area (Å²) in [5.41, 5.74) is 0. The molecule has 0 radical (unpaired) electrons. The standard InChI is InChI=1S/2C9H22N.FH2O3P/c2*1-5-9-10(6-2,7-3)8-4;1-5(2,3)4/h2*5-9H2,1-4H3;(H2,2,3,4)/q2*+1;/p-2. The molecule has 0 fully saturated rings. The molecule has 0 saturated heterocycles. The molecule has 0 saturated carbocycles. The van der Waals surface area contributed by atoms with Gasteiger partial charge in [0.2, 0.25) is 0 Å². The van der Waals surface area contributed by atoms with Crippen molar-refractivity contribution >= 4 is 7.91 Å². The zero-order valence-electron chi connectivity index (χ0n) is 18.0. The highest BCUT2D eigenvalue weighted by atomic mass is 31.2. The maximum Gasteiger partial charge on any atom is 0.110 e. The predicted octanol–water partition coefficient (Wildman–Crippen LogP) is 3.33. The summed E-state index contributed by atoms with van der Waals surface area (Å²) in [5, 5.41) is 0. The van der Waals surface area contributed by atoms with Crippen LogP contribution in [0.25, 0.3) is 0 Å². The molecular weight excluding hydrogens is 342 g/mol. The van der Waals surface area contributed by atoms with Gasteiger partial charge in [-0.25, -0.2) is 4.20 Å². The Morgan fingerprint density at radius 1 is 0.640 bits per heavy atom. The number of hydrogen-bond donors (Lipinski definition) is 0. The third kappa shape index (κ3) is 17.2. The lowest BCUT2D eigenvalue weighted by Crippen LogP contribution is -2.47. The van der Waals surface area contributed by atoms with E-state index < -0.39 is 7.91 Å². The van der Waals surface area contributed by atoms with Crippen molar-refractivity contribution in [2.45, 2.75) is 68.2 Å². The summed E-state index contributed by atoms with van der Waals surface area (Å²) >= 11 is 0. The molecule has 0 aromatic rings. The number of halogens is 1. The van der Waals surface area contributed by atoms with E-state index >= 15 is 0 Å². The molecule has 0 aromatic carbocycles. The van der Waals surface area contributed by atoms with E-state index in [0.29, 0.717) is 0 Å². The average molecular weight is 387 g/mol. The Kier molecular flexibility index (Phi) is 19.3. The molecule has 25 heavy (non-hydrogen) atoms. The maximum atomic E-state index is 10.1. The van der Waals surface area contributed by atoms with Crippen molar-refractivity contribution in [2.75, 3.05) is 52.4 Å². The van der Waals surface area contributed by atoms with E-state index in [2.05, 4.69) is 55.4 Å². The average Bonchev–Trinajstić information content (AvgIpc) is 2.57. The van der Waals surface area contributed by atoms with Crippen molar-refractivity contribution in [3.63, 3.8) is 0 Å². The Labute approximate surface area is 156 Å². The van der Waals surface area contributed by atoms with Crippen LogP contribution < -0.4 is 9.79 Å². The van der Waals surface area contributed by atoms with Crippen LogP contribution in [0.2, 0.25) is 0 Å². The molecule has 0 amide bonds. The summed E-state index contributed by atoms with van der Waals surface area (Å²) in [6, 6.07) is 0. The molecule has 0 heterocycles. The van der Waals surface area contributed by atoms with E-state index in [9.17, 15) is 4.20 Å². The van der Waals surface area contributed by atoms with Crippen LogP contribution in [0.5, 0.6) is 0 Å². The van der Waals surface area contributed by atoms with E-state index in [1.807, 2.05) is 0 Å². The second-order valence-corrected chi connectivity index (χ2v) is 7.32. The summed E-state index contributed by atoms with van der Waals surface area (Å²) in [6.45, 7) is 28.8. The molecule has 0 N–H and O–H groups in total. The van der Waals surface area contributed by atoms with Gasteiger partial charge in [-0.2, -0.15) is 0 Å². The first-order valence-electron chi connectivity index (χ1n) is 9.90. The molecule has 156 valence electrons. The molecule has 5 nitrogen and oxygen atoms in total. The summed E-state index contributed by atoms with van der Waals surface area (Å²) < 4.78 is 21.2. The number of quaternary nitrogens is 2. The van der Waals surface area contributed by atoms with Gasteiger partial charge in [0.15, 0.2) is 0 Å². The van der Waals surface area contributed by atoms with Crippen molar-refractivity contribution in [1.29, 1.82) is 0 Å². The van der Waals surface area contributed by atoms with Crippen molar-refractivity contribution in [1.82, 2.24) is 0 Å². The van der Waals surface area contributed by atoms with Crippen molar-refractivity contribution in [3.8, 4) is 0 Å². The second kappa shape index (κ2) is 16.2. The Morgan fingerprint density at radius 2 is 0.800 bits per heavy atom. The number of nitrogens with zero attached hydrogens (tertiary/aromatic N) is 2. The minimum absolute atomic E-state index is 1.29. The first-order chi connectivity index (χ1) is 11.5. The van der Waals surface area contributed by atoms with Gasteiger partial charge in [-0.3, -0.25) is 0 Å². The van der Waals surface area contributed by atoms with E-state index in [-0.39, 0.29) is 0 Å². The van der Waals surface area contributed by atoms with Crippen molar-refractivity contribution in [3.05, 3.63) is 0 Å². The van der Waals surface area contributed by atoms with Crippen LogP contribution >= 0.6 is 7.91 Å². The molecule has 0 aliphatic rings. The normalized spacial score (nSPS) is 12.0. The van der Waals surface area contributed by atoms with E-state index in [4.69, 9.17) is 14.4 Å². The minimum atomic E-state index is -5.64. The van der Waals surface area contributed by atoms with Gasteiger partial charge >= 0.3 is 0 Å². The summed E-state index contributed by atoms with van der Waals surface area (Å²) in [4.78, 5) is 16.9. The van der Waals surface area contributed by atoms with E-state index in [1.54, 1.807) is 0 Å². The van der Waals surface area contributed by atoms with Crippen LogP contribution in [0.15, 0.2) is 0 Å². The SMILES string of the molecule is CCC[N+](CC)(CC)CC.CCC[N+](CC)(CC)CC.O=P([O-])([O-])F. The van der Waals surface area contributed by atoms with E-state index in [0.717, 1.165) is 0 Å².